The van der Waals surface area contributed by atoms with Crippen LogP contribution in [0.15, 0.2) is 17.7 Å². The molecule has 0 N–H and O–H groups in total. The molecule has 0 amide bonds. The van der Waals surface area contributed by atoms with Gasteiger partial charge >= 0.3 is 5.97 Å². The molecule has 1 rings (SSSR count). The quantitative estimate of drug-likeness (QED) is 0.353. The van der Waals surface area contributed by atoms with Gasteiger partial charge in [-0.15, -0.1) is 0 Å². The van der Waals surface area contributed by atoms with E-state index in [4.69, 9.17) is 10.00 Å². The number of hydrogen-bond donors (Lipinski definition) is 0. The molecule has 0 unspecified atom stereocenters. The molecule has 0 aliphatic rings. The van der Waals surface area contributed by atoms with Crippen molar-refractivity contribution < 1.29 is 9.53 Å². The largest absolute Gasteiger partial charge is 0.462 e. The Hall–Kier alpha value is -2.08. The fourth-order valence-corrected chi connectivity index (χ4v) is 1.82. The molecule has 0 heterocycles. The molecule has 0 aliphatic carbocycles. The minimum absolute atomic E-state index is 0.0486. The molecule has 0 radical (unpaired) electrons. The predicted molar refractivity (Wildman–Crippen MR) is 80.1 cm³/mol. The summed E-state index contributed by atoms with van der Waals surface area (Å²) in [4.78, 5) is 11.8. The molecule has 0 atom stereocenters. The summed E-state index contributed by atoms with van der Waals surface area (Å²) >= 11 is 0. The molecule has 0 bridgehead atoms. The van der Waals surface area contributed by atoms with E-state index in [1.165, 1.54) is 5.56 Å². The van der Waals surface area contributed by atoms with Crippen molar-refractivity contribution in [3.8, 4) is 6.07 Å². The van der Waals surface area contributed by atoms with Gasteiger partial charge in [0.05, 0.1) is 6.61 Å². The van der Waals surface area contributed by atoms with E-state index in [1.54, 1.807) is 6.08 Å². The first-order chi connectivity index (χ1) is 9.49. The summed E-state index contributed by atoms with van der Waals surface area (Å²) in [5.74, 6) is -0.543. The zero-order chi connectivity index (χ0) is 15.1. The van der Waals surface area contributed by atoms with Crippen LogP contribution in [-0.2, 0) is 9.53 Å². The number of carbonyl (C=O) groups is 1. The number of benzene rings is 1. The highest BCUT2D eigenvalue weighted by atomic mass is 16.5. The number of aryl methyl sites for hydroxylation is 3. The van der Waals surface area contributed by atoms with Crippen LogP contribution < -0.4 is 0 Å². The van der Waals surface area contributed by atoms with Gasteiger partial charge in [0.2, 0.25) is 0 Å². The summed E-state index contributed by atoms with van der Waals surface area (Å²) in [7, 11) is 0. The number of hydrogen-bond acceptors (Lipinski definition) is 3. The van der Waals surface area contributed by atoms with Gasteiger partial charge in [-0.3, -0.25) is 0 Å². The fraction of sp³-hybridized carbons (Fsp3) is 0.412. The molecule has 3 nitrogen and oxygen atoms in total. The van der Waals surface area contributed by atoms with Gasteiger partial charge < -0.3 is 4.74 Å². The number of ether oxygens (including phenoxy) is 1. The lowest BCUT2D eigenvalue weighted by molar-refractivity contribution is -0.138. The fourth-order valence-electron chi connectivity index (χ4n) is 1.82. The Morgan fingerprint density at radius 3 is 2.50 bits per heavy atom. The highest BCUT2D eigenvalue weighted by Crippen LogP contribution is 2.18. The molecule has 0 aliphatic heterocycles. The van der Waals surface area contributed by atoms with Crippen LogP contribution >= 0.6 is 0 Å². The summed E-state index contributed by atoms with van der Waals surface area (Å²) in [6.07, 6.45) is 3.37. The van der Waals surface area contributed by atoms with Crippen LogP contribution in [-0.4, -0.2) is 12.6 Å². The smallest absolute Gasteiger partial charge is 0.348 e. The lowest BCUT2D eigenvalue weighted by Gasteiger charge is -2.07. The molecule has 20 heavy (non-hydrogen) atoms. The Morgan fingerprint density at radius 2 is 1.90 bits per heavy atom. The second-order valence-electron chi connectivity index (χ2n) is 4.95. The van der Waals surface area contributed by atoms with Crippen molar-refractivity contribution in [2.24, 2.45) is 0 Å². The van der Waals surface area contributed by atoms with E-state index >= 15 is 0 Å². The average molecular weight is 271 g/mol. The number of nitriles is 1. The first-order valence-corrected chi connectivity index (χ1v) is 6.86. The van der Waals surface area contributed by atoms with E-state index in [2.05, 4.69) is 6.07 Å². The van der Waals surface area contributed by atoms with Gasteiger partial charge in [0, 0.05) is 0 Å². The Balaban J connectivity index is 2.98. The van der Waals surface area contributed by atoms with Crippen molar-refractivity contribution in [3.05, 3.63) is 40.0 Å². The van der Waals surface area contributed by atoms with E-state index in [1.807, 2.05) is 39.8 Å². The highest BCUT2D eigenvalue weighted by Gasteiger charge is 2.11. The van der Waals surface area contributed by atoms with Crippen LogP contribution in [0.2, 0.25) is 0 Å². The van der Waals surface area contributed by atoms with E-state index < -0.39 is 5.97 Å². The lowest BCUT2D eigenvalue weighted by Crippen LogP contribution is -2.08. The molecular formula is C17H21NO2. The topological polar surface area (TPSA) is 50.1 Å². The van der Waals surface area contributed by atoms with Gasteiger partial charge in [-0.2, -0.15) is 5.26 Å². The summed E-state index contributed by atoms with van der Waals surface area (Å²) in [6.45, 7) is 8.40. The summed E-state index contributed by atoms with van der Waals surface area (Å²) < 4.78 is 5.07. The van der Waals surface area contributed by atoms with Crippen molar-refractivity contribution in [1.82, 2.24) is 0 Å². The second-order valence-corrected chi connectivity index (χ2v) is 4.95. The minimum atomic E-state index is -0.543. The second kappa shape index (κ2) is 7.49. The molecule has 3 heteroatoms. The molecule has 1 aromatic carbocycles. The van der Waals surface area contributed by atoms with Gasteiger partial charge in [-0.05, 0) is 55.5 Å². The van der Waals surface area contributed by atoms with Crippen LogP contribution in [0.1, 0.15) is 42.0 Å². The van der Waals surface area contributed by atoms with Crippen LogP contribution in [0.3, 0.4) is 0 Å². The first-order valence-electron chi connectivity index (χ1n) is 6.86. The third kappa shape index (κ3) is 4.24. The predicted octanol–water partition coefficient (Wildman–Crippen LogP) is 3.86. The van der Waals surface area contributed by atoms with E-state index in [0.717, 1.165) is 29.5 Å². The summed E-state index contributed by atoms with van der Waals surface area (Å²) in [5.41, 5.74) is 4.31. The van der Waals surface area contributed by atoms with Crippen LogP contribution in [0.25, 0.3) is 6.08 Å². The average Bonchev–Trinajstić information content (AvgIpc) is 2.41. The number of carbonyl (C=O) groups excluding carboxylic acids is 1. The molecule has 1 aromatic rings. The molecule has 0 saturated carbocycles. The maximum Gasteiger partial charge on any atom is 0.348 e. The SMILES string of the molecule is CCCCOC(=O)/C(C#N)=C/c1cc(C)c(C)cc1C. The van der Waals surface area contributed by atoms with E-state index in [-0.39, 0.29) is 5.57 Å². The summed E-state index contributed by atoms with van der Waals surface area (Å²) in [5, 5.41) is 9.11. The van der Waals surface area contributed by atoms with Crippen molar-refractivity contribution in [2.75, 3.05) is 6.61 Å². The normalized spacial score (nSPS) is 11.1. The molecule has 0 spiro atoms. The van der Waals surface area contributed by atoms with E-state index in [0.29, 0.717) is 6.61 Å². The van der Waals surface area contributed by atoms with Crippen molar-refractivity contribution >= 4 is 12.0 Å². The van der Waals surface area contributed by atoms with Crippen molar-refractivity contribution in [3.63, 3.8) is 0 Å². The number of esters is 1. The molecule has 0 saturated heterocycles. The van der Waals surface area contributed by atoms with Gasteiger partial charge in [0.1, 0.15) is 11.6 Å². The third-order valence-electron chi connectivity index (χ3n) is 3.25. The highest BCUT2D eigenvalue weighted by molar-refractivity contribution is 5.98. The monoisotopic (exact) mass is 271 g/mol. The van der Waals surface area contributed by atoms with Gasteiger partial charge in [0.15, 0.2) is 0 Å². The summed E-state index contributed by atoms with van der Waals surface area (Å²) in [6, 6.07) is 5.97. The molecular weight excluding hydrogens is 250 g/mol. The maximum absolute atomic E-state index is 11.8. The number of unbranched alkanes of at least 4 members (excludes halogenated alkanes) is 1. The van der Waals surface area contributed by atoms with Crippen molar-refractivity contribution in [1.29, 1.82) is 5.26 Å². The van der Waals surface area contributed by atoms with E-state index in [9.17, 15) is 4.79 Å². The van der Waals surface area contributed by atoms with Gasteiger partial charge in [-0.1, -0.05) is 25.5 Å². The standard InChI is InChI=1S/C17H21NO2/c1-5-6-7-20-17(19)16(11-18)10-15-9-13(3)12(2)8-14(15)4/h8-10H,5-7H2,1-4H3/b16-10+. The first kappa shape index (κ1) is 16.0. The number of nitrogens with zero attached hydrogens (tertiary/aromatic N) is 1. The Kier molecular flexibility index (Phi) is 5.99. The van der Waals surface area contributed by atoms with Crippen LogP contribution in [0, 0.1) is 32.1 Å². The minimum Gasteiger partial charge on any atom is -0.462 e. The van der Waals surface area contributed by atoms with Gasteiger partial charge in [0.25, 0.3) is 0 Å². The molecule has 0 fully saturated rings. The Labute approximate surface area is 120 Å². The Morgan fingerprint density at radius 1 is 1.25 bits per heavy atom. The van der Waals surface area contributed by atoms with Crippen molar-refractivity contribution in [2.45, 2.75) is 40.5 Å². The lowest BCUT2D eigenvalue weighted by atomic mass is 9.99. The zero-order valence-corrected chi connectivity index (χ0v) is 12.6. The Bertz CT molecular complexity index is 565. The zero-order valence-electron chi connectivity index (χ0n) is 12.6. The van der Waals surface area contributed by atoms with Crippen LogP contribution in [0.4, 0.5) is 0 Å². The van der Waals surface area contributed by atoms with Crippen LogP contribution in [0.5, 0.6) is 0 Å². The maximum atomic E-state index is 11.8. The van der Waals surface area contributed by atoms with Gasteiger partial charge in [-0.25, -0.2) is 4.79 Å². The molecule has 106 valence electrons. The third-order valence-corrected chi connectivity index (χ3v) is 3.25. The molecule has 0 aromatic heterocycles. The number of rotatable bonds is 5.